The second kappa shape index (κ2) is 8.32. The summed E-state index contributed by atoms with van der Waals surface area (Å²) in [6, 6.07) is 3.63. The molecule has 0 atom stereocenters. The van der Waals surface area contributed by atoms with Gasteiger partial charge in [-0.3, -0.25) is 4.79 Å². The number of furan rings is 1. The predicted octanol–water partition coefficient (Wildman–Crippen LogP) is 2.80. The van der Waals surface area contributed by atoms with E-state index in [1.807, 2.05) is 19.9 Å². The van der Waals surface area contributed by atoms with Crippen molar-refractivity contribution >= 4 is 17.0 Å². The van der Waals surface area contributed by atoms with Crippen molar-refractivity contribution in [2.45, 2.75) is 20.8 Å². The van der Waals surface area contributed by atoms with E-state index in [0.29, 0.717) is 54.4 Å². The number of hydrogen-bond donors (Lipinski definition) is 1. The third-order valence-corrected chi connectivity index (χ3v) is 4.14. The number of nitrogens with zero attached hydrogens (tertiary/aromatic N) is 2. The smallest absolute Gasteiger partial charge is 0.259 e. The van der Waals surface area contributed by atoms with E-state index >= 15 is 0 Å². The van der Waals surface area contributed by atoms with Crippen molar-refractivity contribution in [3.8, 4) is 11.3 Å². The van der Waals surface area contributed by atoms with Crippen LogP contribution in [0.3, 0.4) is 0 Å². The summed E-state index contributed by atoms with van der Waals surface area (Å²) < 4.78 is 21.2. The topological polar surface area (TPSA) is 99.6 Å². The van der Waals surface area contributed by atoms with Crippen molar-refractivity contribution in [2.24, 2.45) is 0 Å². The molecule has 3 aromatic heterocycles. The van der Waals surface area contributed by atoms with E-state index in [1.165, 1.54) is 0 Å². The molecule has 8 nitrogen and oxygen atoms in total. The SMILES string of the molecule is COCCOCCNC(=O)c1cc(-c2cc(C)oc2C)nc2onc(C)c12. The number of pyridine rings is 1. The van der Waals surface area contributed by atoms with Gasteiger partial charge in [0.2, 0.25) is 0 Å². The van der Waals surface area contributed by atoms with Crippen molar-refractivity contribution in [1.82, 2.24) is 15.5 Å². The molecule has 0 aliphatic rings. The summed E-state index contributed by atoms with van der Waals surface area (Å²) in [5, 5.41) is 7.42. The van der Waals surface area contributed by atoms with Gasteiger partial charge in [0.1, 0.15) is 11.5 Å². The summed E-state index contributed by atoms with van der Waals surface area (Å²) in [7, 11) is 1.61. The average Bonchev–Trinajstić information content (AvgIpc) is 3.19. The fourth-order valence-corrected chi connectivity index (χ4v) is 2.87. The van der Waals surface area contributed by atoms with Crippen LogP contribution < -0.4 is 5.32 Å². The van der Waals surface area contributed by atoms with Gasteiger partial charge in [0.05, 0.1) is 42.2 Å². The molecule has 3 rings (SSSR count). The number of fused-ring (bicyclic) bond motifs is 1. The molecule has 0 saturated heterocycles. The van der Waals surface area contributed by atoms with Crippen LogP contribution in [0.25, 0.3) is 22.4 Å². The Kier molecular flexibility index (Phi) is 5.88. The maximum Gasteiger partial charge on any atom is 0.259 e. The predicted molar refractivity (Wildman–Crippen MR) is 98.7 cm³/mol. The highest BCUT2D eigenvalue weighted by atomic mass is 16.5. The molecule has 3 heterocycles. The Hall–Kier alpha value is -2.71. The number of carbonyl (C=O) groups excluding carboxylic acids is 1. The Bertz CT molecular complexity index is 944. The molecule has 3 aromatic rings. The lowest BCUT2D eigenvalue weighted by Gasteiger charge is -2.08. The van der Waals surface area contributed by atoms with Gasteiger partial charge < -0.3 is 23.7 Å². The Morgan fingerprint density at radius 2 is 2.00 bits per heavy atom. The van der Waals surface area contributed by atoms with Crippen LogP contribution in [0.5, 0.6) is 0 Å². The Labute approximate surface area is 156 Å². The lowest BCUT2D eigenvalue weighted by Crippen LogP contribution is -2.28. The van der Waals surface area contributed by atoms with Crippen molar-refractivity contribution in [3.05, 3.63) is 34.9 Å². The minimum absolute atomic E-state index is 0.233. The second-order valence-corrected chi connectivity index (χ2v) is 6.19. The Morgan fingerprint density at radius 3 is 2.70 bits per heavy atom. The third kappa shape index (κ3) is 4.17. The van der Waals surface area contributed by atoms with Crippen LogP contribution in [0, 0.1) is 20.8 Å². The molecule has 0 fully saturated rings. The standard InChI is InChI=1S/C19H23N3O5/c1-11-9-14(13(3)26-11)16-10-15(17-12(2)22-27-19(17)21-16)18(23)20-5-6-25-8-7-24-4/h9-10H,5-8H2,1-4H3,(H,20,23). The fraction of sp³-hybridized carbons (Fsp3) is 0.421. The lowest BCUT2D eigenvalue weighted by molar-refractivity contribution is 0.0693. The van der Waals surface area contributed by atoms with E-state index in [1.54, 1.807) is 20.1 Å². The zero-order valence-electron chi connectivity index (χ0n) is 15.9. The minimum atomic E-state index is -0.233. The van der Waals surface area contributed by atoms with Crippen molar-refractivity contribution in [2.75, 3.05) is 33.5 Å². The first-order valence-corrected chi connectivity index (χ1v) is 8.70. The molecule has 0 saturated carbocycles. The number of aryl methyl sites for hydroxylation is 3. The summed E-state index contributed by atoms with van der Waals surface area (Å²) >= 11 is 0. The maximum absolute atomic E-state index is 12.8. The van der Waals surface area contributed by atoms with Gasteiger partial charge in [0.25, 0.3) is 11.6 Å². The van der Waals surface area contributed by atoms with Crippen molar-refractivity contribution in [3.63, 3.8) is 0 Å². The number of ether oxygens (including phenoxy) is 2. The van der Waals surface area contributed by atoms with E-state index in [9.17, 15) is 4.79 Å². The van der Waals surface area contributed by atoms with Crippen molar-refractivity contribution < 1.29 is 23.2 Å². The Balaban J connectivity index is 1.86. The molecule has 144 valence electrons. The average molecular weight is 373 g/mol. The summed E-state index contributed by atoms with van der Waals surface area (Å²) in [6.07, 6.45) is 0. The van der Waals surface area contributed by atoms with Crippen LogP contribution >= 0.6 is 0 Å². The van der Waals surface area contributed by atoms with Crippen LogP contribution in [-0.2, 0) is 9.47 Å². The number of amides is 1. The van der Waals surface area contributed by atoms with Crippen LogP contribution in [0.15, 0.2) is 21.1 Å². The number of rotatable bonds is 8. The molecule has 0 aliphatic heterocycles. The maximum atomic E-state index is 12.8. The van der Waals surface area contributed by atoms with E-state index in [4.69, 9.17) is 18.4 Å². The molecule has 0 radical (unpaired) electrons. The lowest BCUT2D eigenvalue weighted by atomic mass is 10.1. The molecule has 0 unspecified atom stereocenters. The van der Waals surface area contributed by atoms with E-state index in [0.717, 1.165) is 17.1 Å². The van der Waals surface area contributed by atoms with Crippen LogP contribution in [-0.4, -0.2) is 49.5 Å². The van der Waals surface area contributed by atoms with Gasteiger partial charge in [-0.25, -0.2) is 4.98 Å². The molecule has 0 bridgehead atoms. The van der Waals surface area contributed by atoms with Crippen LogP contribution in [0.1, 0.15) is 27.6 Å². The van der Waals surface area contributed by atoms with E-state index < -0.39 is 0 Å². The second-order valence-electron chi connectivity index (χ2n) is 6.19. The highest BCUT2D eigenvalue weighted by molar-refractivity contribution is 6.07. The fourth-order valence-electron chi connectivity index (χ4n) is 2.87. The van der Waals surface area contributed by atoms with Gasteiger partial charge in [-0.15, -0.1) is 0 Å². The summed E-state index contributed by atoms with van der Waals surface area (Å²) in [5.41, 5.74) is 2.83. The number of methoxy groups -OCH3 is 1. The Morgan fingerprint density at radius 1 is 1.19 bits per heavy atom. The zero-order valence-corrected chi connectivity index (χ0v) is 15.9. The first kappa shape index (κ1) is 19.1. The molecular weight excluding hydrogens is 350 g/mol. The van der Waals surface area contributed by atoms with Crippen LogP contribution in [0.2, 0.25) is 0 Å². The van der Waals surface area contributed by atoms with Gasteiger partial charge in [0.15, 0.2) is 0 Å². The largest absolute Gasteiger partial charge is 0.466 e. The monoisotopic (exact) mass is 373 g/mol. The van der Waals surface area contributed by atoms with Crippen molar-refractivity contribution in [1.29, 1.82) is 0 Å². The normalized spacial score (nSPS) is 11.3. The summed E-state index contributed by atoms with van der Waals surface area (Å²) in [6.45, 7) is 7.30. The molecule has 1 amide bonds. The molecule has 0 spiro atoms. The number of nitrogens with one attached hydrogen (secondary N) is 1. The molecule has 1 N–H and O–H groups in total. The van der Waals surface area contributed by atoms with Gasteiger partial charge >= 0.3 is 0 Å². The zero-order chi connectivity index (χ0) is 19.4. The van der Waals surface area contributed by atoms with Gasteiger partial charge in [0, 0.05) is 19.2 Å². The molecule has 0 aliphatic carbocycles. The summed E-state index contributed by atoms with van der Waals surface area (Å²) in [4.78, 5) is 17.3. The molecule has 8 heteroatoms. The highest BCUT2D eigenvalue weighted by Crippen LogP contribution is 2.30. The number of hydrogen-bond acceptors (Lipinski definition) is 7. The molecule has 0 aromatic carbocycles. The minimum Gasteiger partial charge on any atom is -0.466 e. The first-order valence-electron chi connectivity index (χ1n) is 8.70. The van der Waals surface area contributed by atoms with Crippen LogP contribution in [0.4, 0.5) is 0 Å². The summed E-state index contributed by atoms with van der Waals surface area (Å²) in [5.74, 6) is 1.27. The number of aromatic nitrogens is 2. The third-order valence-electron chi connectivity index (χ3n) is 4.14. The molecular formula is C19H23N3O5. The van der Waals surface area contributed by atoms with E-state index in [-0.39, 0.29) is 5.91 Å². The van der Waals surface area contributed by atoms with Gasteiger partial charge in [-0.1, -0.05) is 5.16 Å². The van der Waals surface area contributed by atoms with Gasteiger partial charge in [-0.2, -0.15) is 0 Å². The molecule has 27 heavy (non-hydrogen) atoms. The van der Waals surface area contributed by atoms with E-state index in [2.05, 4.69) is 15.5 Å². The number of carbonyl (C=O) groups is 1. The van der Waals surface area contributed by atoms with Gasteiger partial charge in [-0.05, 0) is 32.9 Å². The first-order chi connectivity index (χ1) is 13.0. The highest BCUT2D eigenvalue weighted by Gasteiger charge is 2.20. The quantitative estimate of drug-likeness (QED) is 0.606.